The second-order valence-electron chi connectivity index (χ2n) is 5.20. The molecule has 3 aromatic carbocycles. The largest absolute Gasteiger partial charge is 0.218 e. The lowest BCUT2D eigenvalue weighted by Gasteiger charge is -2.39. The first-order valence-corrected chi connectivity index (χ1v) is 11.3. The Morgan fingerprint density at radius 3 is 1.00 bits per heavy atom. The van der Waals surface area contributed by atoms with Crippen molar-refractivity contribution in [2.24, 2.45) is 0 Å². The molecule has 0 aromatic heterocycles. The monoisotopic (exact) mass is 342 g/mol. The Balaban J connectivity index is 2.46. The molecule has 3 aromatic rings. The van der Waals surface area contributed by atoms with E-state index in [1.807, 2.05) is 91.0 Å². The van der Waals surface area contributed by atoms with Crippen LogP contribution in [0.15, 0.2) is 106 Å². The van der Waals surface area contributed by atoms with Crippen LogP contribution >= 0.6 is 9.06 Å². The van der Waals surface area contributed by atoms with Gasteiger partial charge < -0.3 is 0 Å². The van der Waals surface area contributed by atoms with E-state index in [1.54, 1.807) is 0 Å². The molecule has 0 saturated carbocycles. The van der Waals surface area contributed by atoms with Gasteiger partial charge in [0.05, 0.1) is 0 Å². The molecule has 0 atom stereocenters. The van der Waals surface area contributed by atoms with Gasteiger partial charge >= 0.3 is 0 Å². The van der Waals surface area contributed by atoms with Gasteiger partial charge in [-0.25, -0.2) is 8.42 Å². The highest BCUT2D eigenvalue weighted by atomic mass is 33.2. The maximum Gasteiger partial charge on any atom is 0.193 e. The summed E-state index contributed by atoms with van der Waals surface area (Å²) in [6.45, 7) is 0. The summed E-state index contributed by atoms with van der Waals surface area (Å²) in [7, 11) is -5.78. The molecule has 0 amide bonds. The summed E-state index contributed by atoms with van der Waals surface area (Å²) in [6.07, 6.45) is 1.34. The van der Waals surface area contributed by atoms with E-state index in [0.29, 0.717) is 0 Å². The van der Waals surface area contributed by atoms with Crippen molar-refractivity contribution in [3.63, 3.8) is 0 Å². The molecule has 0 spiro atoms. The summed E-state index contributed by atoms with van der Waals surface area (Å²) in [4.78, 5) is 2.50. The topological polar surface area (TPSA) is 34.1 Å². The van der Waals surface area contributed by atoms with E-state index in [2.05, 4.69) is 0 Å². The smallest absolute Gasteiger partial charge is 0.193 e. The van der Waals surface area contributed by atoms with Crippen LogP contribution in [0.3, 0.4) is 0 Å². The van der Waals surface area contributed by atoms with Gasteiger partial charge in [0, 0.05) is 20.9 Å². The molecular weight excluding hydrogens is 324 g/mol. The molecule has 0 heterocycles. The predicted molar refractivity (Wildman–Crippen MR) is 96.6 cm³/mol. The minimum atomic E-state index is -3.40. The van der Waals surface area contributed by atoms with Crippen LogP contribution in [-0.4, -0.2) is 14.7 Å². The van der Waals surface area contributed by atoms with E-state index in [4.69, 9.17) is 0 Å². The number of benzene rings is 3. The van der Waals surface area contributed by atoms with Crippen LogP contribution in [-0.2, 0) is 8.87 Å². The third-order valence-electron chi connectivity index (χ3n) is 3.68. The maximum absolute atomic E-state index is 13.1. The molecule has 0 aliphatic rings. The molecule has 2 nitrogen and oxygen atoms in total. The summed E-state index contributed by atoms with van der Waals surface area (Å²) in [5.74, 6) is 0. The highest BCUT2D eigenvalue weighted by Crippen LogP contribution is 2.71. The molecule has 0 fully saturated rings. The van der Waals surface area contributed by atoms with Gasteiger partial charge in [-0.3, -0.25) is 0 Å². The van der Waals surface area contributed by atoms with Gasteiger partial charge in [-0.05, 0) is 36.4 Å². The number of hydrogen-bond acceptors (Lipinski definition) is 2. The number of hydrogen-bond donors (Lipinski definition) is 0. The Morgan fingerprint density at radius 1 is 0.522 bits per heavy atom. The third-order valence-corrected chi connectivity index (χ3v) is 11.9. The van der Waals surface area contributed by atoms with Crippen LogP contribution in [0.25, 0.3) is 0 Å². The van der Waals surface area contributed by atoms with Crippen molar-refractivity contribution < 1.29 is 8.42 Å². The first-order chi connectivity index (χ1) is 11.1. The normalized spacial score (nSPS) is 12.7. The molecule has 0 N–H and O–H groups in total. The zero-order chi connectivity index (χ0) is 16.3. The van der Waals surface area contributed by atoms with Crippen molar-refractivity contribution >= 4 is 17.9 Å². The van der Waals surface area contributed by atoms with E-state index in [9.17, 15) is 8.42 Å². The predicted octanol–water partition coefficient (Wildman–Crippen LogP) is 4.93. The Bertz CT molecular complexity index is 778. The number of rotatable bonds is 4. The zero-order valence-electron chi connectivity index (χ0n) is 12.8. The van der Waals surface area contributed by atoms with Crippen LogP contribution in [0.2, 0.25) is 0 Å². The molecule has 0 radical (unpaired) electrons. The van der Waals surface area contributed by atoms with Crippen LogP contribution in [0.1, 0.15) is 0 Å². The second-order valence-corrected chi connectivity index (χ2v) is 12.5. The van der Waals surface area contributed by atoms with Crippen molar-refractivity contribution in [1.82, 2.24) is 0 Å². The zero-order valence-corrected chi connectivity index (χ0v) is 14.4. The SMILES string of the molecule is CS(=O)(=O)S(c1ccccc1)(c1ccccc1)c1ccccc1. The van der Waals surface area contributed by atoms with Crippen molar-refractivity contribution in [3.8, 4) is 0 Å². The Labute approximate surface area is 138 Å². The van der Waals surface area contributed by atoms with Crippen molar-refractivity contribution in [2.45, 2.75) is 14.7 Å². The second kappa shape index (κ2) is 6.22. The molecule has 0 saturated heterocycles. The highest BCUT2D eigenvalue weighted by molar-refractivity contribution is 8.90. The van der Waals surface area contributed by atoms with Gasteiger partial charge in [-0.1, -0.05) is 63.7 Å². The van der Waals surface area contributed by atoms with Gasteiger partial charge in [0.2, 0.25) is 0 Å². The van der Waals surface area contributed by atoms with Gasteiger partial charge in [-0.2, -0.15) is 0 Å². The Morgan fingerprint density at radius 2 is 0.783 bits per heavy atom. The van der Waals surface area contributed by atoms with Gasteiger partial charge in [-0.15, -0.1) is 0 Å². The summed E-state index contributed by atoms with van der Waals surface area (Å²) >= 11 is 0. The van der Waals surface area contributed by atoms with Crippen molar-refractivity contribution in [3.05, 3.63) is 91.0 Å². The lowest BCUT2D eigenvalue weighted by Crippen LogP contribution is -2.14. The van der Waals surface area contributed by atoms with E-state index >= 15 is 0 Å². The van der Waals surface area contributed by atoms with Gasteiger partial charge in [0.15, 0.2) is 8.87 Å². The average molecular weight is 342 g/mol. The fraction of sp³-hybridized carbons (Fsp3) is 0.0526. The molecule has 3 rings (SSSR count). The lowest BCUT2D eigenvalue weighted by atomic mass is 10.4. The molecule has 0 aliphatic heterocycles. The molecule has 0 bridgehead atoms. The van der Waals surface area contributed by atoms with Crippen LogP contribution in [0.4, 0.5) is 0 Å². The van der Waals surface area contributed by atoms with Crippen LogP contribution < -0.4 is 0 Å². The van der Waals surface area contributed by atoms with E-state index < -0.39 is 17.9 Å². The maximum atomic E-state index is 13.1. The highest BCUT2D eigenvalue weighted by Gasteiger charge is 2.40. The standard InChI is InChI=1S/C19H18O2S2/c1-22(20,21)23(17-11-5-2-6-12-17,18-13-7-3-8-14-18)19-15-9-4-10-16-19/h2-16H,1H3. The molecule has 23 heavy (non-hydrogen) atoms. The summed E-state index contributed by atoms with van der Waals surface area (Å²) < 4.78 is 26.2. The van der Waals surface area contributed by atoms with E-state index in [0.717, 1.165) is 14.7 Å². The van der Waals surface area contributed by atoms with Crippen molar-refractivity contribution in [1.29, 1.82) is 0 Å². The summed E-state index contributed by atoms with van der Waals surface area (Å²) in [6, 6.07) is 28.6. The van der Waals surface area contributed by atoms with Gasteiger partial charge in [0.1, 0.15) is 0 Å². The van der Waals surface area contributed by atoms with E-state index in [-0.39, 0.29) is 0 Å². The average Bonchev–Trinajstić information content (AvgIpc) is 2.57. The molecule has 0 aliphatic carbocycles. The van der Waals surface area contributed by atoms with Crippen molar-refractivity contribution in [2.75, 3.05) is 6.26 Å². The quantitative estimate of drug-likeness (QED) is 0.630. The first kappa shape index (κ1) is 15.8. The molecule has 118 valence electrons. The Hall–Kier alpha value is -2.04. The molecular formula is C19H18O2S2. The summed E-state index contributed by atoms with van der Waals surface area (Å²) in [5, 5.41) is 0. The molecule has 4 heteroatoms. The minimum Gasteiger partial charge on any atom is -0.218 e. The third kappa shape index (κ3) is 2.69. The Kier molecular flexibility index (Phi) is 4.28. The first-order valence-electron chi connectivity index (χ1n) is 7.25. The fourth-order valence-corrected chi connectivity index (χ4v) is 10.4. The summed E-state index contributed by atoms with van der Waals surface area (Å²) in [5.41, 5.74) is 0. The minimum absolute atomic E-state index is 0.833. The molecule has 0 unspecified atom stereocenters. The van der Waals surface area contributed by atoms with E-state index in [1.165, 1.54) is 6.26 Å². The van der Waals surface area contributed by atoms with Gasteiger partial charge in [0.25, 0.3) is 0 Å². The lowest BCUT2D eigenvalue weighted by molar-refractivity contribution is 0.614. The fourth-order valence-electron chi connectivity index (χ4n) is 2.77. The van der Waals surface area contributed by atoms with Crippen LogP contribution in [0, 0.1) is 0 Å². The van der Waals surface area contributed by atoms with Crippen LogP contribution in [0.5, 0.6) is 0 Å².